The van der Waals surface area contributed by atoms with Crippen LogP contribution in [0.2, 0.25) is 0 Å². The van der Waals surface area contributed by atoms with E-state index in [4.69, 9.17) is 0 Å². The molecule has 100 valence electrons. The van der Waals surface area contributed by atoms with Crippen molar-refractivity contribution in [2.24, 2.45) is 5.92 Å². The van der Waals surface area contributed by atoms with E-state index in [1.807, 2.05) is 12.3 Å². The highest BCUT2D eigenvalue weighted by Gasteiger charge is 2.32. The predicted molar refractivity (Wildman–Crippen MR) is 78.0 cm³/mol. The second-order valence-electron chi connectivity index (χ2n) is 5.29. The first kappa shape index (κ1) is 12.4. The number of benzene rings is 1. The Morgan fingerprint density at radius 1 is 1.21 bits per heavy atom. The van der Waals surface area contributed by atoms with E-state index in [1.165, 1.54) is 24.0 Å². The number of nitrogens with one attached hydrogen (secondary N) is 1. The number of rotatable bonds is 5. The van der Waals surface area contributed by atoms with E-state index in [-0.39, 0.29) is 0 Å². The Bertz CT molecular complexity index is 518. The third-order valence-electron chi connectivity index (χ3n) is 4.08. The van der Waals surface area contributed by atoms with Gasteiger partial charge in [0.15, 0.2) is 0 Å². The molecule has 2 atom stereocenters. The lowest BCUT2D eigenvalue weighted by Gasteiger charge is -2.36. The van der Waals surface area contributed by atoms with E-state index in [0.29, 0.717) is 6.04 Å². The molecule has 0 aliphatic heterocycles. The number of nitrogens with zero attached hydrogens (tertiary/aromatic N) is 2. The molecule has 0 bridgehead atoms. The first-order valence-corrected chi connectivity index (χ1v) is 7.18. The quantitative estimate of drug-likeness (QED) is 0.889. The number of hydrogen-bond acceptors (Lipinski definition) is 2. The summed E-state index contributed by atoms with van der Waals surface area (Å²) in [6.07, 6.45) is 6.75. The van der Waals surface area contributed by atoms with Crippen LogP contribution in [0.25, 0.3) is 11.1 Å². The van der Waals surface area contributed by atoms with Gasteiger partial charge < -0.3 is 5.32 Å². The summed E-state index contributed by atoms with van der Waals surface area (Å²) < 4.78 is 2.16. The second-order valence-corrected chi connectivity index (χ2v) is 5.29. The summed E-state index contributed by atoms with van der Waals surface area (Å²) in [6, 6.07) is 11.0. The Labute approximate surface area is 114 Å². The Balaban J connectivity index is 1.72. The van der Waals surface area contributed by atoms with Gasteiger partial charge in [0.25, 0.3) is 0 Å². The van der Waals surface area contributed by atoms with Crippen LogP contribution in [-0.2, 0) is 0 Å². The molecule has 3 heteroatoms. The third kappa shape index (κ3) is 2.56. The van der Waals surface area contributed by atoms with E-state index in [1.54, 1.807) is 0 Å². The van der Waals surface area contributed by atoms with Gasteiger partial charge in [-0.1, -0.05) is 37.3 Å². The molecule has 19 heavy (non-hydrogen) atoms. The largest absolute Gasteiger partial charge is 0.317 e. The Morgan fingerprint density at radius 3 is 2.74 bits per heavy atom. The minimum Gasteiger partial charge on any atom is -0.317 e. The molecule has 1 aliphatic rings. The zero-order valence-corrected chi connectivity index (χ0v) is 11.4. The lowest BCUT2D eigenvalue weighted by molar-refractivity contribution is 0.164. The van der Waals surface area contributed by atoms with Gasteiger partial charge in [-0.2, -0.15) is 5.10 Å². The summed E-state index contributed by atoms with van der Waals surface area (Å²) >= 11 is 0. The zero-order chi connectivity index (χ0) is 13.1. The average molecular weight is 255 g/mol. The molecule has 1 N–H and O–H groups in total. The van der Waals surface area contributed by atoms with Crippen LogP contribution in [0.3, 0.4) is 0 Å². The molecule has 1 saturated carbocycles. The molecule has 1 aliphatic carbocycles. The van der Waals surface area contributed by atoms with Crippen LogP contribution < -0.4 is 5.32 Å². The monoisotopic (exact) mass is 255 g/mol. The fourth-order valence-electron chi connectivity index (χ4n) is 2.77. The minimum absolute atomic E-state index is 0.580. The smallest absolute Gasteiger partial charge is 0.0568 e. The standard InChI is InChI=1S/C16H21N3/c1-2-17-10-14-8-9-16(14)19-12-15(11-18-19)13-6-4-3-5-7-13/h3-7,11-12,14,16-17H,2,8-10H2,1H3. The molecule has 1 fully saturated rings. The predicted octanol–water partition coefficient (Wildman–Crippen LogP) is 3.11. The van der Waals surface area contributed by atoms with Crippen molar-refractivity contribution in [1.82, 2.24) is 15.1 Å². The summed E-state index contributed by atoms with van der Waals surface area (Å²) in [5.74, 6) is 0.739. The lowest BCUT2D eigenvalue weighted by atomic mass is 9.79. The van der Waals surface area contributed by atoms with Crippen molar-refractivity contribution >= 4 is 0 Å². The lowest BCUT2D eigenvalue weighted by Crippen LogP contribution is -2.37. The second kappa shape index (κ2) is 5.57. The van der Waals surface area contributed by atoms with E-state index < -0.39 is 0 Å². The van der Waals surface area contributed by atoms with Gasteiger partial charge in [0.1, 0.15) is 0 Å². The molecular formula is C16H21N3. The maximum absolute atomic E-state index is 4.56. The minimum atomic E-state index is 0.580. The molecule has 0 amide bonds. The topological polar surface area (TPSA) is 29.9 Å². The van der Waals surface area contributed by atoms with Crippen molar-refractivity contribution in [3.8, 4) is 11.1 Å². The molecular weight excluding hydrogens is 234 g/mol. The summed E-state index contributed by atoms with van der Waals surface area (Å²) in [7, 11) is 0. The summed E-state index contributed by atoms with van der Waals surface area (Å²) in [6.45, 7) is 4.33. The van der Waals surface area contributed by atoms with Gasteiger partial charge in [-0.3, -0.25) is 4.68 Å². The Morgan fingerprint density at radius 2 is 2.05 bits per heavy atom. The van der Waals surface area contributed by atoms with Crippen LogP contribution in [0, 0.1) is 5.92 Å². The van der Waals surface area contributed by atoms with Crippen LogP contribution >= 0.6 is 0 Å². The van der Waals surface area contributed by atoms with Crippen molar-refractivity contribution in [2.75, 3.05) is 13.1 Å². The van der Waals surface area contributed by atoms with Crippen LogP contribution in [0.4, 0.5) is 0 Å². The van der Waals surface area contributed by atoms with Gasteiger partial charge >= 0.3 is 0 Å². The van der Waals surface area contributed by atoms with Gasteiger partial charge in [-0.15, -0.1) is 0 Å². The first-order chi connectivity index (χ1) is 9.38. The highest BCUT2D eigenvalue weighted by molar-refractivity contribution is 5.61. The molecule has 2 unspecified atom stereocenters. The molecule has 1 heterocycles. The fraction of sp³-hybridized carbons (Fsp3) is 0.438. The summed E-state index contributed by atoms with van der Waals surface area (Å²) in [5, 5.41) is 8.01. The maximum atomic E-state index is 4.56. The fourth-order valence-corrected chi connectivity index (χ4v) is 2.77. The Kier molecular flexibility index (Phi) is 3.65. The van der Waals surface area contributed by atoms with Gasteiger partial charge in [0.05, 0.1) is 12.2 Å². The molecule has 3 rings (SSSR count). The summed E-state index contributed by atoms with van der Waals surface area (Å²) in [5.41, 5.74) is 2.46. The van der Waals surface area contributed by atoms with Gasteiger partial charge in [-0.05, 0) is 37.4 Å². The third-order valence-corrected chi connectivity index (χ3v) is 4.08. The first-order valence-electron chi connectivity index (χ1n) is 7.18. The molecule has 2 aromatic rings. The van der Waals surface area contributed by atoms with Crippen LogP contribution in [-0.4, -0.2) is 22.9 Å². The number of hydrogen-bond donors (Lipinski definition) is 1. The number of aromatic nitrogens is 2. The Hall–Kier alpha value is -1.61. The highest BCUT2D eigenvalue weighted by atomic mass is 15.3. The van der Waals surface area contributed by atoms with Crippen LogP contribution in [0.5, 0.6) is 0 Å². The van der Waals surface area contributed by atoms with E-state index in [9.17, 15) is 0 Å². The maximum Gasteiger partial charge on any atom is 0.0568 e. The van der Waals surface area contributed by atoms with E-state index >= 15 is 0 Å². The van der Waals surface area contributed by atoms with Crippen molar-refractivity contribution in [3.05, 3.63) is 42.7 Å². The van der Waals surface area contributed by atoms with Crippen molar-refractivity contribution in [2.45, 2.75) is 25.8 Å². The SMILES string of the molecule is CCNCC1CCC1n1cc(-c2ccccc2)cn1. The molecule has 1 aromatic heterocycles. The van der Waals surface area contributed by atoms with Gasteiger partial charge in [0.2, 0.25) is 0 Å². The normalized spacial score (nSPS) is 22.2. The summed E-state index contributed by atoms with van der Waals surface area (Å²) in [4.78, 5) is 0. The van der Waals surface area contributed by atoms with Crippen molar-refractivity contribution in [1.29, 1.82) is 0 Å². The van der Waals surface area contributed by atoms with Gasteiger partial charge in [-0.25, -0.2) is 0 Å². The van der Waals surface area contributed by atoms with Crippen molar-refractivity contribution < 1.29 is 0 Å². The van der Waals surface area contributed by atoms with Crippen molar-refractivity contribution in [3.63, 3.8) is 0 Å². The van der Waals surface area contributed by atoms with E-state index in [2.05, 4.69) is 52.5 Å². The molecule has 0 saturated heterocycles. The van der Waals surface area contributed by atoms with Crippen LogP contribution in [0.15, 0.2) is 42.7 Å². The highest BCUT2D eigenvalue weighted by Crippen LogP contribution is 2.38. The van der Waals surface area contributed by atoms with Gasteiger partial charge in [0, 0.05) is 11.8 Å². The van der Waals surface area contributed by atoms with E-state index in [0.717, 1.165) is 19.0 Å². The molecule has 0 radical (unpaired) electrons. The molecule has 0 spiro atoms. The van der Waals surface area contributed by atoms with Crippen LogP contribution in [0.1, 0.15) is 25.8 Å². The molecule has 3 nitrogen and oxygen atoms in total. The average Bonchev–Trinajstić information content (AvgIpc) is 2.88. The molecule has 1 aromatic carbocycles. The zero-order valence-electron chi connectivity index (χ0n) is 11.4.